The van der Waals surface area contributed by atoms with Gasteiger partial charge >= 0.3 is 0 Å². The van der Waals surface area contributed by atoms with E-state index in [1.54, 1.807) is 0 Å². The molecule has 0 saturated carbocycles. The molecule has 2 aromatic carbocycles. The summed E-state index contributed by atoms with van der Waals surface area (Å²) in [5.41, 5.74) is 1.80. The fraction of sp³-hybridized carbons (Fsp3) is 0.316. The number of para-hydroxylation sites is 2. The van der Waals surface area contributed by atoms with Gasteiger partial charge in [-0.3, -0.25) is 4.79 Å². The van der Waals surface area contributed by atoms with Gasteiger partial charge in [-0.15, -0.1) is 12.4 Å². The number of ether oxygens (including phenoxy) is 1. The highest BCUT2D eigenvalue weighted by molar-refractivity contribution is 5.93. The Bertz CT molecular complexity index is 659. The molecular weight excluding hydrogens is 324 g/mol. The van der Waals surface area contributed by atoms with Crippen LogP contribution >= 0.6 is 12.4 Å². The first-order valence-corrected chi connectivity index (χ1v) is 8.01. The SMILES string of the molecule is CC(C(=O)Nc1ccccc1COc1ccccc1)C1CNC1.Cl. The van der Waals surface area contributed by atoms with Crippen molar-refractivity contribution in [2.45, 2.75) is 13.5 Å². The molecule has 2 N–H and O–H groups in total. The van der Waals surface area contributed by atoms with Crippen molar-refractivity contribution < 1.29 is 9.53 Å². The number of amides is 1. The predicted octanol–water partition coefficient (Wildman–Crippen LogP) is 3.48. The number of benzene rings is 2. The Balaban J connectivity index is 0.00000208. The number of hydrogen-bond acceptors (Lipinski definition) is 3. The second-order valence-corrected chi connectivity index (χ2v) is 5.96. The molecule has 0 aliphatic carbocycles. The molecule has 0 bridgehead atoms. The Hall–Kier alpha value is -2.04. The predicted molar refractivity (Wildman–Crippen MR) is 98.6 cm³/mol. The van der Waals surface area contributed by atoms with E-state index in [9.17, 15) is 4.79 Å². The molecule has 2 aromatic rings. The number of anilines is 1. The van der Waals surface area contributed by atoms with Crippen LogP contribution in [0.5, 0.6) is 5.75 Å². The zero-order chi connectivity index (χ0) is 16.1. The Morgan fingerprint density at radius 1 is 1.17 bits per heavy atom. The highest BCUT2D eigenvalue weighted by Crippen LogP contribution is 2.22. The van der Waals surface area contributed by atoms with Crippen molar-refractivity contribution in [2.24, 2.45) is 11.8 Å². The molecule has 0 radical (unpaired) electrons. The second-order valence-electron chi connectivity index (χ2n) is 5.96. The Kier molecular flexibility index (Phi) is 6.64. The molecule has 0 aromatic heterocycles. The van der Waals surface area contributed by atoms with Gasteiger partial charge in [-0.1, -0.05) is 43.3 Å². The van der Waals surface area contributed by atoms with Crippen molar-refractivity contribution in [1.82, 2.24) is 5.32 Å². The van der Waals surface area contributed by atoms with Gasteiger partial charge in [0.05, 0.1) is 0 Å². The normalized spacial score (nSPS) is 14.9. The van der Waals surface area contributed by atoms with Crippen LogP contribution in [-0.4, -0.2) is 19.0 Å². The molecule has 1 heterocycles. The monoisotopic (exact) mass is 346 g/mol. The van der Waals surface area contributed by atoms with Crippen molar-refractivity contribution in [3.8, 4) is 5.75 Å². The van der Waals surface area contributed by atoms with Gasteiger partial charge in [0.2, 0.25) is 5.91 Å². The largest absolute Gasteiger partial charge is 0.489 e. The highest BCUT2D eigenvalue weighted by atomic mass is 35.5. The molecule has 1 fully saturated rings. The molecule has 5 heteroatoms. The maximum absolute atomic E-state index is 12.4. The van der Waals surface area contributed by atoms with Crippen LogP contribution in [0.2, 0.25) is 0 Å². The third kappa shape index (κ3) is 4.49. The van der Waals surface area contributed by atoms with E-state index in [0.717, 1.165) is 30.1 Å². The average molecular weight is 347 g/mol. The third-order valence-corrected chi connectivity index (χ3v) is 4.35. The molecule has 3 rings (SSSR count). The Labute approximate surface area is 149 Å². The Morgan fingerprint density at radius 3 is 2.50 bits per heavy atom. The lowest BCUT2D eigenvalue weighted by Crippen LogP contribution is -2.48. The summed E-state index contributed by atoms with van der Waals surface area (Å²) in [6.45, 7) is 4.27. The Morgan fingerprint density at radius 2 is 1.83 bits per heavy atom. The first-order chi connectivity index (χ1) is 11.2. The summed E-state index contributed by atoms with van der Waals surface area (Å²) in [6, 6.07) is 17.5. The van der Waals surface area contributed by atoms with Crippen LogP contribution in [0.1, 0.15) is 12.5 Å². The van der Waals surface area contributed by atoms with Crippen LogP contribution < -0.4 is 15.4 Å². The van der Waals surface area contributed by atoms with Gasteiger partial charge in [-0.25, -0.2) is 0 Å². The van der Waals surface area contributed by atoms with Gasteiger partial charge in [-0.05, 0) is 37.2 Å². The van der Waals surface area contributed by atoms with Crippen LogP contribution in [0, 0.1) is 11.8 Å². The van der Waals surface area contributed by atoms with Gasteiger partial charge in [0.1, 0.15) is 12.4 Å². The molecule has 1 aliphatic heterocycles. The summed E-state index contributed by atoms with van der Waals surface area (Å²) >= 11 is 0. The molecule has 1 atom stereocenters. The van der Waals surface area contributed by atoms with Crippen LogP contribution in [0.4, 0.5) is 5.69 Å². The molecule has 24 heavy (non-hydrogen) atoms. The van der Waals surface area contributed by atoms with E-state index in [-0.39, 0.29) is 24.2 Å². The van der Waals surface area contributed by atoms with Gasteiger partial charge < -0.3 is 15.4 Å². The molecule has 4 nitrogen and oxygen atoms in total. The third-order valence-electron chi connectivity index (χ3n) is 4.35. The fourth-order valence-electron chi connectivity index (χ4n) is 2.57. The van der Waals surface area contributed by atoms with Gasteiger partial charge in [0.15, 0.2) is 0 Å². The van der Waals surface area contributed by atoms with E-state index >= 15 is 0 Å². The summed E-state index contributed by atoms with van der Waals surface area (Å²) in [6.07, 6.45) is 0. The number of carbonyl (C=O) groups excluding carboxylic acids is 1. The van der Waals surface area contributed by atoms with E-state index in [0.29, 0.717) is 12.5 Å². The quantitative estimate of drug-likeness (QED) is 0.842. The van der Waals surface area contributed by atoms with E-state index in [1.165, 1.54) is 0 Å². The first-order valence-electron chi connectivity index (χ1n) is 8.01. The van der Waals surface area contributed by atoms with Crippen molar-refractivity contribution in [2.75, 3.05) is 18.4 Å². The molecule has 1 unspecified atom stereocenters. The standard InChI is InChI=1S/C19H22N2O2.ClH/c1-14(16-11-20-12-16)19(22)21-18-10-6-5-7-15(18)13-23-17-8-3-2-4-9-17;/h2-10,14,16,20H,11-13H2,1H3,(H,21,22);1H. The number of carbonyl (C=O) groups is 1. The van der Waals surface area contributed by atoms with Crippen molar-refractivity contribution in [3.05, 3.63) is 60.2 Å². The highest BCUT2D eigenvalue weighted by Gasteiger charge is 2.28. The topological polar surface area (TPSA) is 50.4 Å². The maximum atomic E-state index is 12.4. The van der Waals surface area contributed by atoms with Crippen LogP contribution in [0.3, 0.4) is 0 Å². The number of rotatable bonds is 6. The zero-order valence-corrected chi connectivity index (χ0v) is 14.5. The smallest absolute Gasteiger partial charge is 0.227 e. The van der Waals surface area contributed by atoms with E-state index in [1.807, 2.05) is 61.5 Å². The number of halogens is 1. The van der Waals surface area contributed by atoms with E-state index in [2.05, 4.69) is 10.6 Å². The summed E-state index contributed by atoms with van der Waals surface area (Å²) in [5.74, 6) is 1.34. The van der Waals surface area contributed by atoms with Gasteiger partial charge in [0.25, 0.3) is 0 Å². The lowest BCUT2D eigenvalue weighted by atomic mass is 9.88. The minimum Gasteiger partial charge on any atom is -0.489 e. The summed E-state index contributed by atoms with van der Waals surface area (Å²) in [5, 5.41) is 6.26. The second kappa shape index (κ2) is 8.71. The van der Waals surface area contributed by atoms with E-state index in [4.69, 9.17) is 4.74 Å². The van der Waals surface area contributed by atoms with Gasteiger partial charge in [-0.2, -0.15) is 0 Å². The van der Waals surface area contributed by atoms with Crippen LogP contribution in [0.25, 0.3) is 0 Å². The van der Waals surface area contributed by atoms with Crippen LogP contribution in [-0.2, 0) is 11.4 Å². The van der Waals surface area contributed by atoms with Gasteiger partial charge in [0, 0.05) is 17.2 Å². The summed E-state index contributed by atoms with van der Waals surface area (Å²) in [4.78, 5) is 12.4. The van der Waals surface area contributed by atoms with Crippen molar-refractivity contribution in [3.63, 3.8) is 0 Å². The van der Waals surface area contributed by atoms with E-state index < -0.39 is 0 Å². The number of hydrogen-bond donors (Lipinski definition) is 2. The molecule has 1 saturated heterocycles. The van der Waals surface area contributed by atoms with Crippen molar-refractivity contribution in [1.29, 1.82) is 0 Å². The minimum atomic E-state index is 0. The zero-order valence-electron chi connectivity index (χ0n) is 13.7. The first kappa shape index (κ1) is 18.3. The van der Waals surface area contributed by atoms with Crippen LogP contribution in [0.15, 0.2) is 54.6 Å². The summed E-state index contributed by atoms with van der Waals surface area (Å²) < 4.78 is 5.79. The average Bonchev–Trinajstić information content (AvgIpc) is 2.53. The van der Waals surface area contributed by atoms with Crippen molar-refractivity contribution >= 4 is 24.0 Å². The fourth-order valence-corrected chi connectivity index (χ4v) is 2.57. The lowest BCUT2D eigenvalue weighted by molar-refractivity contribution is -0.121. The molecule has 1 amide bonds. The molecular formula is C19H23ClN2O2. The maximum Gasteiger partial charge on any atom is 0.227 e. The molecule has 1 aliphatic rings. The number of nitrogens with one attached hydrogen (secondary N) is 2. The minimum absolute atomic E-state index is 0. The lowest BCUT2D eigenvalue weighted by Gasteiger charge is -2.31. The molecule has 0 spiro atoms. The summed E-state index contributed by atoms with van der Waals surface area (Å²) in [7, 11) is 0. The molecule has 128 valence electrons.